The number of hydrogen-bond donors (Lipinski definition) is 1. The number of aromatic nitrogens is 1. The number of anilines is 1. The SMILES string of the molecule is CN1CCN(c2nc(CNC(C)(C)C)cs2)CC1(C)C. The molecule has 0 radical (unpaired) electrons. The zero-order valence-electron chi connectivity index (χ0n) is 13.7. The standard InChI is InChI=1S/C15H28N4S/c1-14(2,3)16-9-12-10-20-13(17-12)19-8-7-18(6)15(4,5)11-19/h10,16H,7-9,11H2,1-6H3. The molecule has 5 heteroatoms. The largest absolute Gasteiger partial charge is 0.345 e. The number of nitrogens with zero attached hydrogens (tertiary/aromatic N) is 3. The average molecular weight is 296 g/mol. The van der Waals surface area contributed by atoms with Crippen LogP contribution in [0.15, 0.2) is 5.38 Å². The van der Waals surface area contributed by atoms with E-state index in [4.69, 9.17) is 4.98 Å². The Morgan fingerprint density at radius 2 is 2.05 bits per heavy atom. The van der Waals surface area contributed by atoms with E-state index in [1.165, 1.54) is 0 Å². The van der Waals surface area contributed by atoms with Crippen molar-refractivity contribution in [3.05, 3.63) is 11.1 Å². The molecule has 4 nitrogen and oxygen atoms in total. The predicted octanol–water partition coefficient (Wildman–Crippen LogP) is 2.56. The van der Waals surface area contributed by atoms with Gasteiger partial charge in [-0.2, -0.15) is 0 Å². The van der Waals surface area contributed by atoms with Crippen molar-refractivity contribution >= 4 is 16.5 Å². The molecule has 2 heterocycles. The van der Waals surface area contributed by atoms with Crippen LogP contribution in [0.1, 0.15) is 40.3 Å². The molecule has 1 aromatic heterocycles. The lowest BCUT2D eigenvalue weighted by molar-refractivity contribution is 0.139. The number of likely N-dealkylation sites (N-methyl/N-ethyl adjacent to an activating group) is 1. The van der Waals surface area contributed by atoms with Gasteiger partial charge in [-0.05, 0) is 41.7 Å². The van der Waals surface area contributed by atoms with Crippen LogP contribution < -0.4 is 10.2 Å². The molecular weight excluding hydrogens is 268 g/mol. The van der Waals surface area contributed by atoms with Crippen molar-refractivity contribution in [2.75, 3.05) is 31.6 Å². The maximum atomic E-state index is 4.79. The first kappa shape index (κ1) is 15.7. The summed E-state index contributed by atoms with van der Waals surface area (Å²) < 4.78 is 0. The van der Waals surface area contributed by atoms with Crippen LogP contribution in [-0.2, 0) is 6.54 Å². The Morgan fingerprint density at radius 3 is 2.65 bits per heavy atom. The highest BCUT2D eigenvalue weighted by Crippen LogP contribution is 2.27. The minimum Gasteiger partial charge on any atom is -0.345 e. The lowest BCUT2D eigenvalue weighted by atomic mass is 10.0. The second-order valence-electron chi connectivity index (χ2n) is 7.38. The van der Waals surface area contributed by atoms with Crippen LogP contribution in [0.4, 0.5) is 5.13 Å². The van der Waals surface area contributed by atoms with Crippen molar-refractivity contribution < 1.29 is 0 Å². The first-order valence-electron chi connectivity index (χ1n) is 7.33. The number of nitrogens with one attached hydrogen (secondary N) is 1. The van der Waals surface area contributed by atoms with Crippen LogP contribution in [-0.4, -0.2) is 47.6 Å². The second-order valence-corrected chi connectivity index (χ2v) is 8.22. The van der Waals surface area contributed by atoms with Gasteiger partial charge in [0, 0.05) is 42.6 Å². The Kier molecular flexibility index (Phi) is 4.42. The van der Waals surface area contributed by atoms with Gasteiger partial charge in [0.05, 0.1) is 5.69 Å². The van der Waals surface area contributed by atoms with E-state index in [0.29, 0.717) is 0 Å². The van der Waals surface area contributed by atoms with E-state index >= 15 is 0 Å². The van der Waals surface area contributed by atoms with Gasteiger partial charge in [-0.1, -0.05) is 0 Å². The van der Waals surface area contributed by atoms with E-state index in [1.807, 2.05) is 0 Å². The number of rotatable bonds is 3. The van der Waals surface area contributed by atoms with Gasteiger partial charge < -0.3 is 10.2 Å². The Labute approximate surface area is 127 Å². The molecule has 0 unspecified atom stereocenters. The summed E-state index contributed by atoms with van der Waals surface area (Å²) in [5, 5.41) is 6.84. The summed E-state index contributed by atoms with van der Waals surface area (Å²) in [6, 6.07) is 0. The lowest BCUT2D eigenvalue weighted by Gasteiger charge is -2.45. The number of hydrogen-bond acceptors (Lipinski definition) is 5. The van der Waals surface area contributed by atoms with Gasteiger partial charge in [-0.15, -0.1) is 11.3 Å². The van der Waals surface area contributed by atoms with Gasteiger partial charge in [0.2, 0.25) is 0 Å². The van der Waals surface area contributed by atoms with Crippen molar-refractivity contribution in [3.8, 4) is 0 Å². The molecule has 1 saturated heterocycles. The molecule has 0 spiro atoms. The first-order valence-corrected chi connectivity index (χ1v) is 8.21. The molecule has 0 bridgehead atoms. The fraction of sp³-hybridized carbons (Fsp3) is 0.800. The molecule has 1 aromatic rings. The highest BCUT2D eigenvalue weighted by molar-refractivity contribution is 7.13. The van der Waals surface area contributed by atoms with Crippen molar-refractivity contribution in [1.29, 1.82) is 0 Å². The molecule has 1 fully saturated rings. The van der Waals surface area contributed by atoms with E-state index in [9.17, 15) is 0 Å². The average Bonchev–Trinajstić information content (AvgIpc) is 2.78. The van der Waals surface area contributed by atoms with Crippen LogP contribution in [0, 0.1) is 0 Å². The van der Waals surface area contributed by atoms with E-state index in [2.05, 4.69) is 62.2 Å². The highest BCUT2D eigenvalue weighted by atomic mass is 32.1. The molecule has 0 atom stereocenters. The van der Waals surface area contributed by atoms with E-state index in [0.717, 1.165) is 37.0 Å². The normalized spacial score (nSPS) is 20.4. The Morgan fingerprint density at radius 1 is 1.35 bits per heavy atom. The molecule has 0 amide bonds. The highest BCUT2D eigenvalue weighted by Gasteiger charge is 2.32. The number of thiazole rings is 1. The van der Waals surface area contributed by atoms with Gasteiger partial charge in [-0.3, -0.25) is 4.90 Å². The molecule has 2 rings (SSSR count). The smallest absolute Gasteiger partial charge is 0.185 e. The molecule has 0 aromatic carbocycles. The first-order chi connectivity index (χ1) is 9.17. The van der Waals surface area contributed by atoms with E-state index < -0.39 is 0 Å². The Balaban J connectivity index is 1.99. The van der Waals surface area contributed by atoms with Crippen molar-refractivity contribution in [1.82, 2.24) is 15.2 Å². The minimum absolute atomic E-state index is 0.138. The van der Waals surface area contributed by atoms with Crippen LogP contribution in [0.25, 0.3) is 0 Å². The topological polar surface area (TPSA) is 31.4 Å². The summed E-state index contributed by atoms with van der Waals surface area (Å²) in [5.41, 5.74) is 1.50. The Bertz CT molecular complexity index is 447. The van der Waals surface area contributed by atoms with Gasteiger partial charge >= 0.3 is 0 Å². The zero-order chi connectivity index (χ0) is 15.0. The second kappa shape index (κ2) is 5.62. The third kappa shape index (κ3) is 3.93. The molecule has 114 valence electrons. The van der Waals surface area contributed by atoms with Gasteiger partial charge in [0.25, 0.3) is 0 Å². The van der Waals surface area contributed by atoms with Crippen LogP contribution >= 0.6 is 11.3 Å². The van der Waals surface area contributed by atoms with Gasteiger partial charge in [-0.25, -0.2) is 4.98 Å². The molecule has 1 N–H and O–H groups in total. The minimum atomic E-state index is 0.138. The number of piperazine rings is 1. The third-order valence-corrected chi connectivity index (χ3v) is 4.88. The predicted molar refractivity (Wildman–Crippen MR) is 87.6 cm³/mol. The van der Waals surface area contributed by atoms with E-state index in [1.54, 1.807) is 11.3 Å². The molecule has 1 aliphatic rings. The summed E-state index contributed by atoms with van der Waals surface area (Å²) >= 11 is 1.76. The maximum Gasteiger partial charge on any atom is 0.185 e. The fourth-order valence-electron chi connectivity index (χ4n) is 2.28. The summed E-state index contributed by atoms with van der Waals surface area (Å²) in [4.78, 5) is 9.64. The fourth-order valence-corrected chi connectivity index (χ4v) is 3.13. The third-order valence-electron chi connectivity index (χ3n) is 3.93. The van der Waals surface area contributed by atoms with Gasteiger partial charge in [0.1, 0.15) is 0 Å². The van der Waals surface area contributed by atoms with Crippen LogP contribution in [0.5, 0.6) is 0 Å². The maximum absolute atomic E-state index is 4.79. The summed E-state index contributed by atoms with van der Waals surface area (Å²) in [6.45, 7) is 15.2. The molecule has 0 saturated carbocycles. The molecule has 0 aliphatic carbocycles. The van der Waals surface area contributed by atoms with Crippen molar-refractivity contribution in [3.63, 3.8) is 0 Å². The van der Waals surface area contributed by atoms with Crippen molar-refractivity contribution in [2.45, 2.75) is 52.2 Å². The molecule has 20 heavy (non-hydrogen) atoms. The van der Waals surface area contributed by atoms with Crippen molar-refractivity contribution in [2.24, 2.45) is 0 Å². The monoisotopic (exact) mass is 296 g/mol. The van der Waals surface area contributed by atoms with Crippen LogP contribution in [0.3, 0.4) is 0 Å². The Hall–Kier alpha value is -0.650. The summed E-state index contributed by atoms with van der Waals surface area (Å²) in [6.07, 6.45) is 0. The zero-order valence-corrected chi connectivity index (χ0v) is 14.5. The summed E-state index contributed by atoms with van der Waals surface area (Å²) in [7, 11) is 2.21. The quantitative estimate of drug-likeness (QED) is 0.929. The lowest BCUT2D eigenvalue weighted by Crippen LogP contribution is -2.57. The van der Waals surface area contributed by atoms with E-state index in [-0.39, 0.29) is 11.1 Å². The molecule has 1 aliphatic heterocycles. The van der Waals surface area contributed by atoms with Gasteiger partial charge in [0.15, 0.2) is 5.13 Å². The molecular formula is C15H28N4S. The summed E-state index contributed by atoms with van der Waals surface area (Å²) in [5.74, 6) is 0. The van der Waals surface area contributed by atoms with Crippen LogP contribution in [0.2, 0.25) is 0 Å².